The van der Waals surface area contributed by atoms with E-state index in [0.717, 1.165) is 5.56 Å². The first kappa shape index (κ1) is 13.0. The molecule has 0 aliphatic carbocycles. The Hall–Kier alpha value is -1.40. The molecule has 96 valence electrons. The normalized spacial score (nSPS) is 11.7. The van der Waals surface area contributed by atoms with Gasteiger partial charge in [-0.15, -0.1) is 10.2 Å². The quantitative estimate of drug-likeness (QED) is 0.861. The van der Waals surface area contributed by atoms with Gasteiger partial charge >= 0.3 is 0 Å². The second-order valence-corrected chi connectivity index (χ2v) is 6.37. The van der Waals surface area contributed by atoms with E-state index in [4.69, 9.17) is 11.6 Å². The van der Waals surface area contributed by atoms with E-state index in [1.807, 2.05) is 6.92 Å². The third-order valence-corrected chi connectivity index (χ3v) is 3.99. The number of sulfone groups is 1. The zero-order chi connectivity index (χ0) is 13.3. The van der Waals surface area contributed by atoms with Crippen LogP contribution >= 0.6 is 11.6 Å². The molecule has 0 unspecified atom stereocenters. The topological polar surface area (TPSA) is 64.8 Å². The molecule has 5 nitrogen and oxygen atoms in total. The van der Waals surface area contributed by atoms with E-state index in [-0.39, 0.29) is 0 Å². The Kier molecular flexibility index (Phi) is 3.41. The van der Waals surface area contributed by atoms with Crippen molar-refractivity contribution in [3.63, 3.8) is 0 Å². The highest BCUT2D eigenvalue weighted by molar-refractivity contribution is 7.90. The Balaban J connectivity index is 2.27. The van der Waals surface area contributed by atoms with Gasteiger partial charge in [0.25, 0.3) is 0 Å². The Morgan fingerprint density at radius 1 is 1.22 bits per heavy atom. The molecule has 18 heavy (non-hydrogen) atoms. The van der Waals surface area contributed by atoms with Gasteiger partial charge in [0.05, 0.1) is 11.4 Å². The molecule has 2 aromatic rings. The standard InChI is InChI=1S/C11H12ClN3O2S/c1-8-13-14-11(12)15(8)7-9-3-5-10(6-4-9)18(2,16)17/h3-6H,7H2,1-2H3. The molecule has 1 heterocycles. The Bertz CT molecular complexity index is 643. The molecular weight excluding hydrogens is 274 g/mol. The molecule has 0 atom stereocenters. The maximum Gasteiger partial charge on any atom is 0.225 e. The maximum atomic E-state index is 11.3. The fourth-order valence-corrected chi connectivity index (χ4v) is 2.41. The van der Waals surface area contributed by atoms with Gasteiger partial charge in [0.1, 0.15) is 5.82 Å². The number of hydrogen-bond donors (Lipinski definition) is 0. The predicted octanol–water partition coefficient (Wildman–Crippen LogP) is 1.69. The summed E-state index contributed by atoms with van der Waals surface area (Å²) >= 11 is 5.89. The highest BCUT2D eigenvalue weighted by Gasteiger charge is 2.09. The minimum atomic E-state index is -3.16. The molecular formula is C11H12ClN3O2S. The van der Waals surface area contributed by atoms with E-state index in [0.29, 0.717) is 22.5 Å². The highest BCUT2D eigenvalue weighted by atomic mass is 35.5. The SMILES string of the molecule is Cc1nnc(Cl)n1Cc1ccc(S(C)(=O)=O)cc1. The summed E-state index contributed by atoms with van der Waals surface area (Å²) in [4.78, 5) is 0.304. The van der Waals surface area contributed by atoms with Gasteiger partial charge in [-0.25, -0.2) is 8.42 Å². The average Bonchev–Trinajstić information content (AvgIpc) is 2.60. The molecule has 1 aromatic heterocycles. The van der Waals surface area contributed by atoms with Crippen LogP contribution in [0.3, 0.4) is 0 Å². The van der Waals surface area contributed by atoms with E-state index in [1.54, 1.807) is 28.8 Å². The van der Waals surface area contributed by atoms with E-state index in [2.05, 4.69) is 10.2 Å². The predicted molar refractivity (Wildman–Crippen MR) is 68.4 cm³/mol. The van der Waals surface area contributed by atoms with Crippen LogP contribution in [-0.2, 0) is 16.4 Å². The fraction of sp³-hybridized carbons (Fsp3) is 0.273. The van der Waals surface area contributed by atoms with Crippen LogP contribution in [0.25, 0.3) is 0 Å². The molecule has 0 N–H and O–H groups in total. The lowest BCUT2D eigenvalue weighted by Gasteiger charge is -2.06. The number of aryl methyl sites for hydroxylation is 1. The van der Waals surface area contributed by atoms with Crippen molar-refractivity contribution in [3.05, 3.63) is 40.9 Å². The highest BCUT2D eigenvalue weighted by Crippen LogP contribution is 2.14. The monoisotopic (exact) mass is 285 g/mol. The van der Waals surface area contributed by atoms with Crippen molar-refractivity contribution >= 4 is 21.4 Å². The van der Waals surface area contributed by atoms with E-state index >= 15 is 0 Å². The summed E-state index contributed by atoms with van der Waals surface area (Å²) in [6, 6.07) is 6.68. The van der Waals surface area contributed by atoms with E-state index in [9.17, 15) is 8.42 Å². The largest absolute Gasteiger partial charge is 0.298 e. The van der Waals surface area contributed by atoms with Gasteiger partial charge in [0, 0.05) is 6.26 Å². The van der Waals surface area contributed by atoms with Crippen molar-refractivity contribution in [3.8, 4) is 0 Å². The van der Waals surface area contributed by atoms with Crippen LogP contribution in [0.2, 0.25) is 5.28 Å². The van der Waals surface area contributed by atoms with Gasteiger partial charge in [0.2, 0.25) is 5.28 Å². The molecule has 0 saturated carbocycles. The molecule has 0 fully saturated rings. The van der Waals surface area contributed by atoms with Crippen LogP contribution in [0.4, 0.5) is 0 Å². The van der Waals surface area contributed by atoms with Gasteiger partial charge in [-0.3, -0.25) is 4.57 Å². The lowest BCUT2D eigenvalue weighted by atomic mass is 10.2. The first-order valence-electron chi connectivity index (χ1n) is 5.22. The van der Waals surface area contributed by atoms with Crippen LogP contribution in [0.15, 0.2) is 29.2 Å². The first-order valence-corrected chi connectivity index (χ1v) is 7.49. The van der Waals surface area contributed by atoms with Crippen LogP contribution < -0.4 is 0 Å². The van der Waals surface area contributed by atoms with Gasteiger partial charge in [-0.1, -0.05) is 12.1 Å². The Morgan fingerprint density at radius 3 is 2.28 bits per heavy atom. The van der Waals surface area contributed by atoms with Crippen LogP contribution in [-0.4, -0.2) is 29.4 Å². The summed E-state index contributed by atoms with van der Waals surface area (Å²) < 4.78 is 24.4. The van der Waals surface area contributed by atoms with Gasteiger partial charge < -0.3 is 0 Å². The van der Waals surface area contributed by atoms with Crippen LogP contribution in [0, 0.1) is 6.92 Å². The summed E-state index contributed by atoms with van der Waals surface area (Å²) in [7, 11) is -3.16. The van der Waals surface area contributed by atoms with Gasteiger partial charge in [0.15, 0.2) is 9.84 Å². The Morgan fingerprint density at radius 2 is 1.83 bits per heavy atom. The van der Waals surface area contributed by atoms with E-state index < -0.39 is 9.84 Å². The lowest BCUT2D eigenvalue weighted by Crippen LogP contribution is -2.03. The fourth-order valence-electron chi connectivity index (χ4n) is 1.56. The molecule has 7 heteroatoms. The van der Waals surface area contributed by atoms with Crippen LogP contribution in [0.1, 0.15) is 11.4 Å². The van der Waals surface area contributed by atoms with Crippen LogP contribution in [0.5, 0.6) is 0 Å². The minimum Gasteiger partial charge on any atom is -0.298 e. The van der Waals surface area contributed by atoms with Crippen molar-refractivity contribution in [2.45, 2.75) is 18.4 Å². The van der Waals surface area contributed by atoms with Gasteiger partial charge in [-0.05, 0) is 36.2 Å². The molecule has 0 aliphatic rings. The first-order chi connectivity index (χ1) is 8.38. The number of hydrogen-bond acceptors (Lipinski definition) is 4. The minimum absolute atomic E-state index is 0.304. The molecule has 0 spiro atoms. The average molecular weight is 286 g/mol. The smallest absolute Gasteiger partial charge is 0.225 e. The summed E-state index contributed by atoms with van der Waals surface area (Å²) in [5, 5.41) is 7.93. The van der Waals surface area contributed by atoms with Crippen molar-refractivity contribution < 1.29 is 8.42 Å². The maximum absolute atomic E-state index is 11.3. The van der Waals surface area contributed by atoms with Crippen molar-refractivity contribution in [1.29, 1.82) is 0 Å². The van der Waals surface area contributed by atoms with Crippen molar-refractivity contribution in [2.24, 2.45) is 0 Å². The summed E-state index contributed by atoms with van der Waals surface area (Å²) in [6.07, 6.45) is 1.18. The van der Waals surface area contributed by atoms with Crippen molar-refractivity contribution in [1.82, 2.24) is 14.8 Å². The zero-order valence-electron chi connectivity index (χ0n) is 9.96. The molecule has 0 aliphatic heterocycles. The third-order valence-electron chi connectivity index (χ3n) is 2.58. The number of halogens is 1. The van der Waals surface area contributed by atoms with E-state index in [1.165, 1.54) is 6.26 Å². The van der Waals surface area contributed by atoms with Crippen molar-refractivity contribution in [2.75, 3.05) is 6.26 Å². The Labute approximate surface area is 110 Å². The number of aromatic nitrogens is 3. The second kappa shape index (κ2) is 4.70. The third kappa shape index (κ3) is 2.70. The summed E-state index contributed by atoms with van der Waals surface area (Å²) in [5.41, 5.74) is 0.937. The molecule has 1 aromatic carbocycles. The number of benzene rings is 1. The molecule has 0 saturated heterocycles. The molecule has 0 amide bonds. The molecule has 2 rings (SSSR count). The zero-order valence-corrected chi connectivity index (χ0v) is 11.5. The second-order valence-electron chi connectivity index (χ2n) is 4.02. The summed E-state index contributed by atoms with van der Waals surface area (Å²) in [6.45, 7) is 2.32. The number of nitrogens with zero attached hydrogens (tertiary/aromatic N) is 3. The molecule has 0 bridgehead atoms. The van der Waals surface area contributed by atoms with Gasteiger partial charge in [-0.2, -0.15) is 0 Å². The summed E-state index contributed by atoms with van der Waals surface area (Å²) in [5.74, 6) is 0.715. The molecule has 0 radical (unpaired) electrons. The lowest BCUT2D eigenvalue weighted by molar-refractivity contribution is 0.602. The number of rotatable bonds is 3.